The van der Waals surface area contributed by atoms with Crippen LogP contribution in [0.3, 0.4) is 0 Å². The summed E-state index contributed by atoms with van der Waals surface area (Å²) in [5.74, 6) is -0.606. The van der Waals surface area contributed by atoms with Crippen molar-refractivity contribution in [3.05, 3.63) is 53.6 Å². The first-order valence-electron chi connectivity index (χ1n) is 6.23. The van der Waals surface area contributed by atoms with Crippen molar-refractivity contribution >= 4 is 39.9 Å². The number of nitrogens with two attached hydrogens (primary N) is 1. The van der Waals surface area contributed by atoms with Gasteiger partial charge in [-0.05, 0) is 24.3 Å². The lowest BCUT2D eigenvalue weighted by atomic mass is 10.1. The number of hydrogen-bond donors (Lipinski definition) is 1. The number of hydrogen-bond acceptors (Lipinski definition) is 3. The molecule has 1 amide bonds. The summed E-state index contributed by atoms with van der Waals surface area (Å²) < 4.78 is 38.6. The molecule has 0 spiro atoms. The van der Waals surface area contributed by atoms with Crippen LogP contribution >= 0.6 is 23.7 Å². The highest BCUT2D eigenvalue weighted by Gasteiger charge is 2.30. The Labute approximate surface area is 139 Å². The number of primary amides is 1. The Hall–Kier alpha value is -2.12. The van der Waals surface area contributed by atoms with Gasteiger partial charge in [-0.25, -0.2) is 4.98 Å². The molecule has 0 atom stereocenters. The van der Waals surface area contributed by atoms with Gasteiger partial charge in [0.1, 0.15) is 5.01 Å². The smallest absolute Gasteiger partial charge is 0.366 e. The molecule has 3 nitrogen and oxygen atoms in total. The molecule has 23 heavy (non-hydrogen) atoms. The van der Waals surface area contributed by atoms with Crippen molar-refractivity contribution in [3.63, 3.8) is 0 Å². The van der Waals surface area contributed by atoms with Gasteiger partial charge in [0.25, 0.3) is 0 Å². The lowest BCUT2D eigenvalue weighted by molar-refractivity contribution is -0.137. The van der Waals surface area contributed by atoms with Gasteiger partial charge in [0.15, 0.2) is 0 Å². The van der Waals surface area contributed by atoms with Crippen molar-refractivity contribution in [2.45, 2.75) is 6.18 Å². The van der Waals surface area contributed by atoms with E-state index in [1.807, 2.05) is 0 Å². The number of halogens is 4. The van der Waals surface area contributed by atoms with Crippen LogP contribution < -0.4 is 5.73 Å². The molecule has 8 heteroatoms. The van der Waals surface area contributed by atoms with Crippen LogP contribution in [-0.4, -0.2) is 10.9 Å². The average molecular weight is 359 g/mol. The van der Waals surface area contributed by atoms with Crippen LogP contribution in [0.5, 0.6) is 0 Å². The zero-order valence-corrected chi connectivity index (χ0v) is 13.1. The van der Waals surface area contributed by atoms with Gasteiger partial charge in [0, 0.05) is 11.1 Å². The van der Waals surface area contributed by atoms with Crippen molar-refractivity contribution in [1.82, 2.24) is 4.98 Å². The highest BCUT2D eigenvalue weighted by molar-refractivity contribution is 7.21. The Morgan fingerprint density at radius 3 is 2.48 bits per heavy atom. The van der Waals surface area contributed by atoms with Crippen LogP contribution in [0.4, 0.5) is 13.2 Å². The maximum Gasteiger partial charge on any atom is 0.416 e. The molecule has 0 fully saturated rings. The fraction of sp³-hybridized carbons (Fsp3) is 0.0667. The van der Waals surface area contributed by atoms with Gasteiger partial charge in [-0.1, -0.05) is 18.2 Å². The first-order chi connectivity index (χ1) is 10.4. The predicted octanol–water partition coefficient (Wildman–Crippen LogP) is 4.50. The lowest BCUT2D eigenvalue weighted by Gasteiger charge is -2.04. The predicted molar refractivity (Wildman–Crippen MR) is 85.8 cm³/mol. The number of nitrogens with zero attached hydrogens (tertiary/aromatic N) is 1. The molecule has 1 aromatic heterocycles. The number of thiazole rings is 1. The van der Waals surface area contributed by atoms with E-state index in [1.54, 1.807) is 24.3 Å². The minimum atomic E-state index is -4.40. The zero-order chi connectivity index (χ0) is 15.9. The van der Waals surface area contributed by atoms with E-state index in [0.717, 1.165) is 23.5 Å². The molecule has 2 aromatic carbocycles. The Bertz CT molecular complexity index is 877. The van der Waals surface area contributed by atoms with E-state index in [-0.39, 0.29) is 18.0 Å². The fourth-order valence-electron chi connectivity index (χ4n) is 2.10. The first kappa shape index (κ1) is 17.2. The number of benzene rings is 2. The molecule has 0 saturated carbocycles. The van der Waals surface area contributed by atoms with Crippen LogP contribution in [-0.2, 0) is 6.18 Å². The third-order valence-corrected chi connectivity index (χ3v) is 4.19. The zero-order valence-electron chi connectivity index (χ0n) is 11.4. The van der Waals surface area contributed by atoms with Crippen molar-refractivity contribution in [2.75, 3.05) is 0 Å². The summed E-state index contributed by atoms with van der Waals surface area (Å²) in [6.07, 6.45) is -4.40. The SMILES string of the molecule is Cl.NC(=O)c1ccccc1-c1nc2ccc(C(F)(F)F)cc2s1. The summed E-state index contributed by atoms with van der Waals surface area (Å²) in [6.45, 7) is 0. The van der Waals surface area contributed by atoms with E-state index in [0.29, 0.717) is 20.8 Å². The number of amides is 1. The van der Waals surface area contributed by atoms with E-state index < -0.39 is 17.6 Å². The van der Waals surface area contributed by atoms with E-state index in [2.05, 4.69) is 4.98 Å². The molecular formula is C15H10ClF3N2OS. The van der Waals surface area contributed by atoms with Gasteiger partial charge in [0.05, 0.1) is 15.8 Å². The summed E-state index contributed by atoms with van der Waals surface area (Å²) >= 11 is 1.09. The van der Waals surface area contributed by atoms with Gasteiger partial charge in [-0.3, -0.25) is 4.79 Å². The highest BCUT2D eigenvalue weighted by atomic mass is 35.5. The minimum Gasteiger partial charge on any atom is -0.366 e. The van der Waals surface area contributed by atoms with Crippen molar-refractivity contribution < 1.29 is 18.0 Å². The maximum absolute atomic E-state index is 12.7. The quantitative estimate of drug-likeness (QED) is 0.733. The summed E-state index contributed by atoms with van der Waals surface area (Å²) in [4.78, 5) is 15.7. The Balaban J connectivity index is 0.00000192. The second kappa shape index (κ2) is 6.17. The molecule has 0 bridgehead atoms. The Morgan fingerprint density at radius 1 is 1.13 bits per heavy atom. The van der Waals surface area contributed by atoms with Crippen LogP contribution in [0, 0.1) is 0 Å². The topological polar surface area (TPSA) is 56.0 Å². The van der Waals surface area contributed by atoms with Gasteiger partial charge in [0.2, 0.25) is 5.91 Å². The van der Waals surface area contributed by atoms with Gasteiger partial charge >= 0.3 is 6.18 Å². The summed E-state index contributed by atoms with van der Waals surface area (Å²) in [7, 11) is 0. The summed E-state index contributed by atoms with van der Waals surface area (Å²) in [5.41, 5.74) is 5.85. The molecule has 0 aliphatic carbocycles. The second-order valence-corrected chi connectivity index (χ2v) is 5.64. The van der Waals surface area contributed by atoms with Crippen molar-refractivity contribution in [2.24, 2.45) is 5.73 Å². The van der Waals surface area contributed by atoms with Crippen LogP contribution in [0.1, 0.15) is 15.9 Å². The minimum absolute atomic E-state index is 0. The molecule has 0 radical (unpaired) electrons. The molecule has 3 rings (SSSR count). The number of alkyl halides is 3. The van der Waals surface area contributed by atoms with Gasteiger partial charge in [-0.2, -0.15) is 13.2 Å². The molecule has 0 saturated heterocycles. The normalized spacial score (nSPS) is 11.3. The Morgan fingerprint density at radius 2 is 1.83 bits per heavy atom. The number of rotatable bonds is 2. The van der Waals surface area contributed by atoms with E-state index >= 15 is 0 Å². The molecule has 120 valence electrons. The standard InChI is InChI=1S/C15H9F3N2OS.ClH/c16-15(17,18)8-5-6-11-12(7-8)22-14(20-11)10-4-2-1-3-9(10)13(19)21;/h1-7H,(H2,19,21);1H. The number of fused-ring (bicyclic) bond motifs is 1. The third-order valence-electron chi connectivity index (χ3n) is 3.14. The summed E-state index contributed by atoms with van der Waals surface area (Å²) in [5, 5.41) is 0.462. The molecule has 0 aliphatic heterocycles. The van der Waals surface area contributed by atoms with Crippen LogP contribution in [0.15, 0.2) is 42.5 Å². The molecule has 3 aromatic rings. The number of carbonyl (C=O) groups is 1. The largest absolute Gasteiger partial charge is 0.416 e. The van der Waals surface area contributed by atoms with Crippen molar-refractivity contribution in [3.8, 4) is 10.6 Å². The van der Waals surface area contributed by atoms with Gasteiger partial charge < -0.3 is 5.73 Å². The van der Waals surface area contributed by atoms with Crippen LogP contribution in [0.25, 0.3) is 20.8 Å². The highest BCUT2D eigenvalue weighted by Crippen LogP contribution is 2.36. The number of aromatic nitrogens is 1. The molecule has 2 N–H and O–H groups in total. The second-order valence-electron chi connectivity index (χ2n) is 4.61. The first-order valence-corrected chi connectivity index (χ1v) is 7.05. The molecular weight excluding hydrogens is 349 g/mol. The molecule has 0 unspecified atom stereocenters. The Kier molecular flexibility index (Phi) is 4.63. The maximum atomic E-state index is 12.7. The van der Waals surface area contributed by atoms with Gasteiger partial charge in [-0.15, -0.1) is 23.7 Å². The summed E-state index contributed by atoms with van der Waals surface area (Å²) in [6, 6.07) is 9.99. The monoisotopic (exact) mass is 358 g/mol. The van der Waals surface area contributed by atoms with E-state index in [4.69, 9.17) is 5.73 Å². The molecule has 0 aliphatic rings. The lowest BCUT2D eigenvalue weighted by Crippen LogP contribution is -2.12. The molecule has 1 heterocycles. The van der Waals surface area contributed by atoms with Crippen molar-refractivity contribution in [1.29, 1.82) is 0 Å². The number of carbonyl (C=O) groups excluding carboxylic acids is 1. The van der Waals surface area contributed by atoms with E-state index in [9.17, 15) is 18.0 Å². The fourth-order valence-corrected chi connectivity index (χ4v) is 3.15. The van der Waals surface area contributed by atoms with E-state index in [1.165, 1.54) is 6.07 Å². The third kappa shape index (κ3) is 3.30. The average Bonchev–Trinajstić information content (AvgIpc) is 2.89. The van der Waals surface area contributed by atoms with Crippen LogP contribution in [0.2, 0.25) is 0 Å².